The van der Waals surface area contributed by atoms with E-state index in [-0.39, 0.29) is 17.3 Å². The fraction of sp³-hybridized carbons (Fsp3) is 0.538. The van der Waals surface area contributed by atoms with E-state index < -0.39 is 11.6 Å². The fourth-order valence-electron chi connectivity index (χ4n) is 5.91. The highest BCUT2D eigenvalue weighted by atomic mass is 19.1. The molecule has 35 heavy (non-hydrogen) atoms. The lowest BCUT2D eigenvalue weighted by Gasteiger charge is -2.48. The molecule has 2 aliphatic heterocycles. The molecule has 2 saturated heterocycles. The van der Waals surface area contributed by atoms with Crippen LogP contribution in [0.2, 0.25) is 0 Å². The number of nitrogens with zero attached hydrogens (tertiary/aromatic N) is 4. The van der Waals surface area contributed by atoms with Gasteiger partial charge in [0, 0.05) is 56.3 Å². The van der Waals surface area contributed by atoms with Crippen LogP contribution in [0, 0.1) is 17.0 Å². The van der Waals surface area contributed by atoms with Gasteiger partial charge < -0.3 is 19.3 Å². The van der Waals surface area contributed by atoms with Gasteiger partial charge in [0.05, 0.1) is 19.9 Å². The Labute approximate surface area is 204 Å². The number of rotatable bonds is 5. The van der Waals surface area contributed by atoms with E-state index >= 15 is 0 Å². The number of amides is 1. The summed E-state index contributed by atoms with van der Waals surface area (Å²) in [6.45, 7) is 7.14. The molecule has 188 valence electrons. The first-order valence-corrected chi connectivity index (χ1v) is 12.3. The Hall–Kier alpha value is -2.94. The maximum atomic E-state index is 14.4. The molecule has 0 N–H and O–H groups in total. The van der Waals surface area contributed by atoms with Crippen molar-refractivity contribution in [2.45, 2.75) is 32.2 Å². The molecule has 0 unspecified atom stereocenters. The Morgan fingerprint density at radius 1 is 1.17 bits per heavy atom. The summed E-state index contributed by atoms with van der Waals surface area (Å²) in [5, 5.41) is 0. The number of aromatic nitrogens is 1. The predicted molar refractivity (Wildman–Crippen MR) is 129 cm³/mol. The molecule has 1 saturated carbocycles. The third-order valence-electron chi connectivity index (χ3n) is 7.68. The van der Waals surface area contributed by atoms with E-state index in [4.69, 9.17) is 9.47 Å². The van der Waals surface area contributed by atoms with Crippen LogP contribution in [-0.4, -0.2) is 79.9 Å². The van der Waals surface area contributed by atoms with Gasteiger partial charge in [-0.05, 0) is 49.9 Å². The summed E-state index contributed by atoms with van der Waals surface area (Å²) in [4.78, 5) is 22.8. The van der Waals surface area contributed by atoms with Crippen molar-refractivity contribution < 1.29 is 23.0 Å². The Morgan fingerprint density at radius 3 is 2.63 bits per heavy atom. The standard InChI is InChI=1S/C26H32F2N4O3/c1-3-35-25(33)32-16-26(17-32)7-6-20(14-26)30-8-10-31(11-9-30)24-21(13-19(27)15-29-24)18-4-5-23(34-2)22(28)12-18/h4-5,12-13,15,20H,3,6-11,14,16-17H2,1-2H3/t20-/m1/s1. The number of carbonyl (C=O) groups is 1. The Balaban J connectivity index is 1.22. The molecule has 2 aromatic rings. The molecule has 7 nitrogen and oxygen atoms in total. The molecule has 1 amide bonds. The minimum atomic E-state index is -0.488. The molecule has 1 aromatic heterocycles. The molecule has 1 aromatic carbocycles. The maximum Gasteiger partial charge on any atom is 0.409 e. The summed E-state index contributed by atoms with van der Waals surface area (Å²) < 4.78 is 38.6. The van der Waals surface area contributed by atoms with Gasteiger partial charge in [-0.3, -0.25) is 4.90 Å². The molecule has 1 aliphatic carbocycles. The molecule has 1 spiro atoms. The SMILES string of the molecule is CCOC(=O)N1CC2(CC[C@@H](N3CCN(c4ncc(F)cc4-c4ccc(OC)c(F)c4)CC3)C2)C1. The van der Waals surface area contributed by atoms with Crippen LogP contribution in [0.25, 0.3) is 11.1 Å². The van der Waals surface area contributed by atoms with Crippen molar-refractivity contribution in [3.05, 3.63) is 42.1 Å². The topological polar surface area (TPSA) is 58.1 Å². The van der Waals surface area contributed by atoms with E-state index in [2.05, 4.69) is 14.8 Å². The monoisotopic (exact) mass is 486 g/mol. The van der Waals surface area contributed by atoms with Gasteiger partial charge in [-0.1, -0.05) is 6.07 Å². The fourth-order valence-corrected chi connectivity index (χ4v) is 5.91. The van der Waals surface area contributed by atoms with E-state index in [1.807, 2.05) is 11.8 Å². The quantitative estimate of drug-likeness (QED) is 0.633. The highest BCUT2D eigenvalue weighted by Gasteiger charge is 2.51. The highest BCUT2D eigenvalue weighted by Crippen LogP contribution is 2.47. The summed E-state index contributed by atoms with van der Waals surface area (Å²) in [5.74, 6) is -0.119. The molecule has 0 radical (unpaired) electrons. The third kappa shape index (κ3) is 4.66. The number of methoxy groups -OCH3 is 1. The zero-order chi connectivity index (χ0) is 24.6. The van der Waals surface area contributed by atoms with E-state index in [1.165, 1.54) is 25.4 Å². The summed E-state index contributed by atoms with van der Waals surface area (Å²) in [5.41, 5.74) is 1.38. The van der Waals surface area contributed by atoms with Crippen LogP contribution in [0.5, 0.6) is 5.75 Å². The van der Waals surface area contributed by atoms with Gasteiger partial charge in [-0.2, -0.15) is 0 Å². The van der Waals surface area contributed by atoms with E-state index in [1.54, 1.807) is 12.1 Å². The van der Waals surface area contributed by atoms with Crippen molar-refractivity contribution in [1.29, 1.82) is 0 Å². The van der Waals surface area contributed by atoms with Crippen molar-refractivity contribution in [2.75, 3.05) is 57.9 Å². The molecular weight excluding hydrogens is 454 g/mol. The number of hydrogen-bond acceptors (Lipinski definition) is 6. The maximum absolute atomic E-state index is 14.4. The molecule has 5 rings (SSSR count). The van der Waals surface area contributed by atoms with Gasteiger partial charge in [0.1, 0.15) is 11.6 Å². The Morgan fingerprint density at radius 2 is 1.94 bits per heavy atom. The average molecular weight is 487 g/mol. The molecule has 3 aliphatic rings. The lowest BCUT2D eigenvalue weighted by Crippen LogP contribution is -2.58. The minimum Gasteiger partial charge on any atom is -0.494 e. The predicted octanol–water partition coefficient (Wildman–Crippen LogP) is 4.17. The van der Waals surface area contributed by atoms with Gasteiger partial charge in [-0.15, -0.1) is 0 Å². The number of likely N-dealkylation sites (tertiary alicyclic amines) is 1. The van der Waals surface area contributed by atoms with Crippen molar-refractivity contribution in [3.63, 3.8) is 0 Å². The van der Waals surface area contributed by atoms with Crippen molar-refractivity contribution in [3.8, 4) is 16.9 Å². The molecule has 0 bridgehead atoms. The van der Waals surface area contributed by atoms with Gasteiger partial charge >= 0.3 is 6.09 Å². The van der Waals surface area contributed by atoms with Crippen LogP contribution in [-0.2, 0) is 4.74 Å². The van der Waals surface area contributed by atoms with Crippen LogP contribution in [0.3, 0.4) is 0 Å². The number of benzene rings is 1. The molecular formula is C26H32F2N4O3. The van der Waals surface area contributed by atoms with Gasteiger partial charge in [0.2, 0.25) is 0 Å². The lowest BCUT2D eigenvalue weighted by molar-refractivity contribution is -0.00294. The summed E-state index contributed by atoms with van der Waals surface area (Å²) >= 11 is 0. The first kappa shape index (κ1) is 23.8. The second-order valence-corrected chi connectivity index (χ2v) is 9.85. The largest absolute Gasteiger partial charge is 0.494 e. The van der Waals surface area contributed by atoms with Crippen molar-refractivity contribution >= 4 is 11.9 Å². The summed E-state index contributed by atoms with van der Waals surface area (Å²) in [6.07, 6.45) is 4.41. The zero-order valence-corrected chi connectivity index (χ0v) is 20.3. The van der Waals surface area contributed by atoms with Gasteiger partial charge in [0.25, 0.3) is 0 Å². The zero-order valence-electron chi connectivity index (χ0n) is 20.3. The summed E-state index contributed by atoms with van der Waals surface area (Å²) in [7, 11) is 1.42. The molecule has 1 atom stereocenters. The number of hydrogen-bond donors (Lipinski definition) is 0. The Bertz CT molecular complexity index is 1080. The van der Waals surface area contributed by atoms with E-state index in [0.717, 1.165) is 58.5 Å². The molecule has 9 heteroatoms. The van der Waals surface area contributed by atoms with Crippen molar-refractivity contribution in [1.82, 2.24) is 14.8 Å². The van der Waals surface area contributed by atoms with Crippen molar-refractivity contribution in [2.24, 2.45) is 5.41 Å². The molecule has 3 heterocycles. The van der Waals surface area contributed by atoms with E-state index in [0.29, 0.717) is 29.6 Å². The average Bonchev–Trinajstić information content (AvgIpc) is 3.29. The number of anilines is 1. The Kier molecular flexibility index (Phi) is 6.53. The second kappa shape index (κ2) is 9.60. The number of ether oxygens (including phenoxy) is 2. The van der Waals surface area contributed by atoms with E-state index in [9.17, 15) is 13.6 Å². The van der Waals surface area contributed by atoms with Crippen LogP contribution < -0.4 is 9.64 Å². The highest BCUT2D eigenvalue weighted by molar-refractivity contribution is 5.76. The van der Waals surface area contributed by atoms with Gasteiger partial charge in [0.15, 0.2) is 11.6 Å². The smallest absolute Gasteiger partial charge is 0.409 e. The minimum absolute atomic E-state index is 0.152. The van der Waals surface area contributed by atoms with Crippen LogP contribution in [0.1, 0.15) is 26.2 Å². The summed E-state index contributed by atoms with van der Waals surface area (Å²) in [6, 6.07) is 6.58. The van der Waals surface area contributed by atoms with Crippen LogP contribution in [0.4, 0.5) is 19.4 Å². The number of piperazine rings is 1. The second-order valence-electron chi connectivity index (χ2n) is 9.85. The van der Waals surface area contributed by atoms with Crippen LogP contribution >= 0.6 is 0 Å². The number of halogens is 2. The lowest BCUT2D eigenvalue weighted by atomic mass is 9.78. The normalized spacial score (nSPS) is 21.8. The molecule has 3 fully saturated rings. The van der Waals surface area contributed by atoms with Crippen LogP contribution in [0.15, 0.2) is 30.5 Å². The third-order valence-corrected chi connectivity index (χ3v) is 7.68. The number of pyridine rings is 1. The van der Waals surface area contributed by atoms with Gasteiger partial charge in [-0.25, -0.2) is 18.6 Å². The first-order chi connectivity index (χ1) is 16.9. The first-order valence-electron chi connectivity index (χ1n) is 12.3. The number of carbonyl (C=O) groups excluding carboxylic acids is 1.